The van der Waals surface area contributed by atoms with E-state index in [9.17, 15) is 4.79 Å². The molecule has 0 fully saturated rings. The van der Waals surface area contributed by atoms with Crippen LogP contribution in [0.1, 0.15) is 17.2 Å². The van der Waals surface area contributed by atoms with E-state index in [0.717, 1.165) is 5.56 Å². The molecule has 0 radical (unpaired) electrons. The lowest BCUT2D eigenvalue weighted by atomic mass is 9.96. The van der Waals surface area contributed by atoms with Gasteiger partial charge in [0, 0.05) is 11.2 Å². The lowest BCUT2D eigenvalue weighted by Gasteiger charge is -2.15. The second-order valence-corrected chi connectivity index (χ2v) is 5.41. The van der Waals surface area contributed by atoms with Gasteiger partial charge in [-0.1, -0.05) is 41.9 Å². The lowest BCUT2D eigenvalue weighted by Crippen LogP contribution is -2.28. The predicted octanol–water partition coefficient (Wildman–Crippen LogP) is 2.82. The molecule has 0 saturated carbocycles. The summed E-state index contributed by atoms with van der Waals surface area (Å²) in [6, 6.07) is 13.1. The van der Waals surface area contributed by atoms with Crippen LogP contribution in [0.2, 0.25) is 5.02 Å². The van der Waals surface area contributed by atoms with E-state index in [1.807, 2.05) is 30.3 Å². The highest BCUT2D eigenvalue weighted by molar-refractivity contribution is 6.30. The number of halogens is 1. The third-order valence-corrected chi connectivity index (χ3v) is 3.81. The molecule has 0 spiro atoms. The first-order chi connectivity index (χ1) is 10.7. The minimum atomic E-state index is -0.552. The molecule has 0 aliphatic heterocycles. The van der Waals surface area contributed by atoms with Gasteiger partial charge in [-0.05, 0) is 24.1 Å². The van der Waals surface area contributed by atoms with Gasteiger partial charge in [-0.25, -0.2) is 10.5 Å². The van der Waals surface area contributed by atoms with E-state index in [2.05, 4.69) is 4.98 Å². The zero-order valence-corrected chi connectivity index (χ0v) is 12.4. The number of pyridine rings is 1. The average Bonchev–Trinajstić information content (AvgIpc) is 2.95. The molecule has 1 atom stereocenters. The molecular formula is C16H14ClN3O2. The summed E-state index contributed by atoms with van der Waals surface area (Å²) < 4.78 is 1.80. The first-order valence-electron chi connectivity index (χ1n) is 6.79. The summed E-state index contributed by atoms with van der Waals surface area (Å²) in [5.41, 5.74) is 4.10. The highest BCUT2D eigenvalue weighted by Gasteiger charge is 2.24. The van der Waals surface area contributed by atoms with E-state index in [0.29, 0.717) is 22.8 Å². The van der Waals surface area contributed by atoms with Crippen LogP contribution in [-0.4, -0.2) is 20.5 Å². The van der Waals surface area contributed by atoms with Crippen molar-refractivity contribution in [2.24, 2.45) is 0 Å². The van der Waals surface area contributed by atoms with Crippen LogP contribution in [-0.2, 0) is 11.2 Å². The maximum Gasteiger partial charge on any atom is 0.252 e. The Morgan fingerprint density at radius 3 is 2.82 bits per heavy atom. The Bertz CT molecular complexity index is 802. The number of fused-ring (bicyclic) bond motifs is 1. The third-order valence-electron chi connectivity index (χ3n) is 3.57. The zero-order chi connectivity index (χ0) is 15.5. The number of amides is 1. The van der Waals surface area contributed by atoms with Gasteiger partial charge < -0.3 is 4.40 Å². The number of hydrogen-bond acceptors (Lipinski definition) is 3. The van der Waals surface area contributed by atoms with Crippen LogP contribution >= 0.6 is 11.6 Å². The van der Waals surface area contributed by atoms with Gasteiger partial charge in [0.25, 0.3) is 5.91 Å². The summed E-state index contributed by atoms with van der Waals surface area (Å²) >= 11 is 5.95. The molecule has 0 bridgehead atoms. The van der Waals surface area contributed by atoms with E-state index < -0.39 is 11.8 Å². The fourth-order valence-corrected chi connectivity index (χ4v) is 2.65. The fourth-order valence-electron chi connectivity index (χ4n) is 2.49. The topological polar surface area (TPSA) is 66.6 Å². The molecule has 2 N–H and O–H groups in total. The van der Waals surface area contributed by atoms with Gasteiger partial charge >= 0.3 is 0 Å². The van der Waals surface area contributed by atoms with E-state index >= 15 is 0 Å². The molecule has 112 valence electrons. The molecular weight excluding hydrogens is 302 g/mol. The standard InChI is InChI=1S/C16H14ClN3O2/c17-12-6-7-20-14(10-18-15(20)9-12)13(16(21)19-22)8-11-4-2-1-3-5-11/h1-7,9-10,13,22H,8H2,(H,19,21). The molecule has 1 amide bonds. The maximum atomic E-state index is 12.1. The van der Waals surface area contributed by atoms with Crippen LogP contribution in [0.15, 0.2) is 54.9 Å². The molecule has 1 unspecified atom stereocenters. The van der Waals surface area contributed by atoms with E-state index in [4.69, 9.17) is 16.8 Å². The molecule has 2 heterocycles. The summed E-state index contributed by atoms with van der Waals surface area (Å²) in [5.74, 6) is -1.02. The van der Waals surface area contributed by atoms with Crippen molar-refractivity contribution in [1.82, 2.24) is 14.9 Å². The van der Waals surface area contributed by atoms with Gasteiger partial charge in [-0.15, -0.1) is 0 Å². The van der Waals surface area contributed by atoms with Crippen LogP contribution < -0.4 is 5.48 Å². The highest BCUT2D eigenvalue weighted by Crippen LogP contribution is 2.23. The Hall–Kier alpha value is -2.37. The second-order valence-electron chi connectivity index (χ2n) is 4.97. The van der Waals surface area contributed by atoms with Gasteiger partial charge in [0.15, 0.2) is 0 Å². The minimum absolute atomic E-state index is 0.462. The Morgan fingerprint density at radius 1 is 1.32 bits per heavy atom. The SMILES string of the molecule is O=C(NO)C(Cc1ccccc1)c1cnc2cc(Cl)ccn12. The third kappa shape index (κ3) is 2.81. The van der Waals surface area contributed by atoms with Crippen molar-refractivity contribution in [2.45, 2.75) is 12.3 Å². The van der Waals surface area contributed by atoms with Gasteiger partial charge in [0.05, 0.1) is 17.8 Å². The molecule has 0 saturated heterocycles. The average molecular weight is 316 g/mol. The van der Waals surface area contributed by atoms with Crippen molar-refractivity contribution >= 4 is 23.2 Å². The van der Waals surface area contributed by atoms with Crippen molar-refractivity contribution < 1.29 is 10.0 Å². The summed E-state index contributed by atoms with van der Waals surface area (Å²) in [6.45, 7) is 0. The van der Waals surface area contributed by atoms with E-state index in [1.54, 1.807) is 34.4 Å². The summed E-state index contributed by atoms with van der Waals surface area (Å²) in [4.78, 5) is 16.4. The Morgan fingerprint density at radius 2 is 2.09 bits per heavy atom. The number of benzene rings is 1. The predicted molar refractivity (Wildman–Crippen MR) is 83.0 cm³/mol. The maximum absolute atomic E-state index is 12.1. The van der Waals surface area contributed by atoms with E-state index in [1.165, 1.54) is 0 Å². The summed E-state index contributed by atoms with van der Waals surface area (Å²) in [7, 11) is 0. The Kier molecular flexibility index (Phi) is 4.09. The van der Waals surface area contributed by atoms with Crippen LogP contribution in [0.5, 0.6) is 0 Å². The molecule has 22 heavy (non-hydrogen) atoms. The number of nitrogens with one attached hydrogen (secondary N) is 1. The van der Waals surface area contributed by atoms with Gasteiger partial charge in [-0.2, -0.15) is 0 Å². The van der Waals surface area contributed by atoms with Crippen LogP contribution in [0.3, 0.4) is 0 Å². The summed E-state index contributed by atoms with van der Waals surface area (Å²) in [5, 5.41) is 9.63. The molecule has 6 heteroatoms. The van der Waals surface area contributed by atoms with Crippen molar-refractivity contribution in [1.29, 1.82) is 0 Å². The smallest absolute Gasteiger partial charge is 0.252 e. The number of nitrogens with zero attached hydrogens (tertiary/aromatic N) is 2. The minimum Gasteiger partial charge on any atom is -0.303 e. The highest BCUT2D eigenvalue weighted by atomic mass is 35.5. The number of rotatable bonds is 4. The van der Waals surface area contributed by atoms with Crippen molar-refractivity contribution in [2.75, 3.05) is 0 Å². The summed E-state index contributed by atoms with van der Waals surface area (Å²) in [6.07, 6.45) is 3.86. The molecule has 1 aromatic carbocycles. The number of hydroxylamine groups is 1. The van der Waals surface area contributed by atoms with Crippen molar-refractivity contribution in [3.8, 4) is 0 Å². The Balaban J connectivity index is 2.02. The largest absolute Gasteiger partial charge is 0.303 e. The normalized spacial score (nSPS) is 12.3. The molecule has 5 nitrogen and oxygen atoms in total. The van der Waals surface area contributed by atoms with E-state index in [-0.39, 0.29) is 0 Å². The first-order valence-corrected chi connectivity index (χ1v) is 7.17. The van der Waals surface area contributed by atoms with Gasteiger partial charge in [0.1, 0.15) is 5.65 Å². The Labute approximate surface area is 132 Å². The zero-order valence-electron chi connectivity index (χ0n) is 11.6. The second kappa shape index (κ2) is 6.17. The molecule has 0 aliphatic rings. The molecule has 2 aromatic heterocycles. The van der Waals surface area contributed by atoms with Gasteiger partial charge in [0.2, 0.25) is 0 Å². The molecule has 3 rings (SSSR count). The van der Waals surface area contributed by atoms with Gasteiger partial charge in [-0.3, -0.25) is 10.0 Å². The molecule has 0 aliphatic carbocycles. The lowest BCUT2D eigenvalue weighted by molar-refractivity contribution is -0.130. The molecule has 3 aromatic rings. The van der Waals surface area contributed by atoms with Crippen molar-refractivity contribution in [3.63, 3.8) is 0 Å². The number of carbonyl (C=O) groups excluding carboxylic acids is 1. The van der Waals surface area contributed by atoms with Crippen LogP contribution in [0, 0.1) is 0 Å². The monoisotopic (exact) mass is 315 g/mol. The number of carbonyl (C=O) groups is 1. The van der Waals surface area contributed by atoms with Crippen LogP contribution in [0.25, 0.3) is 5.65 Å². The van der Waals surface area contributed by atoms with Crippen LogP contribution in [0.4, 0.5) is 0 Å². The number of hydrogen-bond donors (Lipinski definition) is 2. The fraction of sp³-hybridized carbons (Fsp3) is 0.125. The number of imidazole rings is 1. The quantitative estimate of drug-likeness (QED) is 0.574. The van der Waals surface area contributed by atoms with Crippen molar-refractivity contribution in [3.05, 3.63) is 71.1 Å². The first kappa shape index (κ1) is 14.6. The number of aromatic nitrogens is 2.